The summed E-state index contributed by atoms with van der Waals surface area (Å²) in [6, 6.07) is 4.20. The van der Waals surface area contributed by atoms with Gasteiger partial charge in [-0.05, 0) is 46.8 Å². The van der Waals surface area contributed by atoms with Crippen LogP contribution in [0.5, 0.6) is 11.5 Å². The summed E-state index contributed by atoms with van der Waals surface area (Å²) in [5, 5.41) is 10.1. The molecular formula is C20H35IN4O2. The molecule has 7 heteroatoms. The molecule has 1 aliphatic heterocycles. The molecule has 1 unspecified atom stereocenters. The molecule has 1 aromatic carbocycles. The minimum Gasteiger partial charge on any atom is -0.494 e. The first kappa shape index (κ1) is 23.8. The molecule has 154 valence electrons. The maximum atomic E-state index is 5.89. The first-order chi connectivity index (χ1) is 12.3. The third-order valence-electron chi connectivity index (χ3n) is 4.12. The zero-order valence-electron chi connectivity index (χ0n) is 17.4. The summed E-state index contributed by atoms with van der Waals surface area (Å²) in [6.45, 7) is 13.5. The highest BCUT2D eigenvalue weighted by Crippen LogP contribution is 2.35. The molecule has 0 spiro atoms. The Balaban J connectivity index is 0.00000364. The van der Waals surface area contributed by atoms with Gasteiger partial charge in [0.15, 0.2) is 5.96 Å². The maximum Gasteiger partial charge on any atom is 0.191 e. The van der Waals surface area contributed by atoms with E-state index in [4.69, 9.17) is 9.47 Å². The average molecular weight is 490 g/mol. The van der Waals surface area contributed by atoms with Crippen LogP contribution in [0.2, 0.25) is 0 Å². The second-order valence-corrected chi connectivity index (χ2v) is 7.66. The first-order valence-electron chi connectivity index (χ1n) is 9.47. The normalized spacial score (nSPS) is 16.2. The summed E-state index contributed by atoms with van der Waals surface area (Å²) >= 11 is 0. The Morgan fingerprint density at radius 3 is 2.63 bits per heavy atom. The minimum absolute atomic E-state index is 0. The quantitative estimate of drug-likeness (QED) is 0.237. The number of aliphatic imine (C=N–C) groups is 1. The summed E-state index contributed by atoms with van der Waals surface area (Å²) in [5.41, 5.74) is 2.42. The van der Waals surface area contributed by atoms with E-state index in [2.05, 4.69) is 60.8 Å². The number of ether oxygens (including phenoxy) is 2. The largest absolute Gasteiger partial charge is 0.494 e. The van der Waals surface area contributed by atoms with Crippen LogP contribution in [-0.4, -0.2) is 44.3 Å². The number of rotatable bonds is 7. The molecule has 0 radical (unpaired) electrons. The second kappa shape index (κ2) is 10.9. The lowest BCUT2D eigenvalue weighted by Crippen LogP contribution is -2.44. The molecule has 0 bridgehead atoms. The monoisotopic (exact) mass is 490 g/mol. The molecule has 1 atom stereocenters. The van der Waals surface area contributed by atoms with E-state index in [0.717, 1.165) is 42.5 Å². The zero-order valence-corrected chi connectivity index (χ0v) is 19.8. The number of nitrogens with zero attached hydrogens (tertiary/aromatic N) is 1. The molecule has 0 aromatic heterocycles. The van der Waals surface area contributed by atoms with Gasteiger partial charge in [0.25, 0.3) is 0 Å². The third-order valence-corrected chi connectivity index (χ3v) is 4.12. The molecule has 2 rings (SSSR count). The molecule has 0 amide bonds. The van der Waals surface area contributed by atoms with Crippen molar-refractivity contribution in [3.05, 3.63) is 23.3 Å². The van der Waals surface area contributed by atoms with Gasteiger partial charge in [0, 0.05) is 49.8 Å². The van der Waals surface area contributed by atoms with Crippen molar-refractivity contribution in [3.63, 3.8) is 0 Å². The number of hydrogen-bond acceptors (Lipinski definition) is 4. The Morgan fingerprint density at radius 2 is 2.00 bits per heavy atom. The number of halogens is 1. The highest BCUT2D eigenvalue weighted by Gasteiger charge is 2.21. The Bertz CT molecular complexity index is 629. The highest BCUT2D eigenvalue weighted by molar-refractivity contribution is 14.0. The van der Waals surface area contributed by atoms with Crippen LogP contribution >= 0.6 is 24.0 Å². The van der Waals surface area contributed by atoms with Gasteiger partial charge < -0.3 is 25.4 Å². The van der Waals surface area contributed by atoms with Crippen molar-refractivity contribution >= 4 is 29.9 Å². The summed E-state index contributed by atoms with van der Waals surface area (Å²) in [4.78, 5) is 4.29. The maximum absolute atomic E-state index is 5.89. The topological polar surface area (TPSA) is 66.9 Å². The molecule has 0 saturated carbocycles. The summed E-state index contributed by atoms with van der Waals surface area (Å²) in [5.74, 6) is 2.66. The fraction of sp³-hybridized carbons (Fsp3) is 0.650. The van der Waals surface area contributed by atoms with Crippen LogP contribution in [0.1, 0.15) is 45.7 Å². The number of hydrogen-bond donors (Lipinski definition) is 3. The van der Waals surface area contributed by atoms with E-state index >= 15 is 0 Å². The summed E-state index contributed by atoms with van der Waals surface area (Å²) in [6.07, 6.45) is 1.17. The van der Waals surface area contributed by atoms with Gasteiger partial charge in [-0.15, -0.1) is 24.0 Å². The Morgan fingerprint density at radius 1 is 1.26 bits per heavy atom. The first-order valence-corrected chi connectivity index (χ1v) is 9.47. The van der Waals surface area contributed by atoms with Crippen molar-refractivity contribution in [1.82, 2.24) is 16.0 Å². The molecule has 6 nitrogen and oxygen atoms in total. The van der Waals surface area contributed by atoms with Crippen molar-refractivity contribution in [2.45, 2.75) is 59.2 Å². The van der Waals surface area contributed by atoms with Crippen LogP contribution in [0, 0.1) is 0 Å². The molecule has 3 N–H and O–H groups in total. The second-order valence-electron chi connectivity index (χ2n) is 7.66. The number of nitrogens with one attached hydrogen (secondary N) is 3. The van der Waals surface area contributed by atoms with Gasteiger partial charge in [-0.1, -0.05) is 0 Å². The van der Waals surface area contributed by atoms with Crippen molar-refractivity contribution in [3.8, 4) is 11.5 Å². The van der Waals surface area contributed by atoms with Gasteiger partial charge in [0.05, 0.1) is 6.61 Å². The van der Waals surface area contributed by atoms with Crippen molar-refractivity contribution < 1.29 is 9.47 Å². The molecule has 0 fully saturated rings. The van der Waals surface area contributed by atoms with Crippen LogP contribution in [0.15, 0.2) is 17.1 Å². The van der Waals surface area contributed by atoms with Gasteiger partial charge >= 0.3 is 0 Å². The van der Waals surface area contributed by atoms with E-state index in [9.17, 15) is 0 Å². The van der Waals surface area contributed by atoms with E-state index in [1.807, 2.05) is 6.92 Å². The van der Waals surface area contributed by atoms with E-state index in [-0.39, 0.29) is 35.6 Å². The minimum atomic E-state index is 0. The molecule has 27 heavy (non-hydrogen) atoms. The van der Waals surface area contributed by atoms with Gasteiger partial charge in [-0.2, -0.15) is 0 Å². The highest BCUT2D eigenvalue weighted by atomic mass is 127. The van der Waals surface area contributed by atoms with E-state index in [0.29, 0.717) is 13.2 Å². The van der Waals surface area contributed by atoms with E-state index in [1.54, 1.807) is 7.05 Å². The predicted molar refractivity (Wildman–Crippen MR) is 123 cm³/mol. The van der Waals surface area contributed by atoms with Crippen molar-refractivity contribution in [2.24, 2.45) is 4.99 Å². The Kier molecular flexibility index (Phi) is 9.66. The lowest BCUT2D eigenvalue weighted by Gasteiger charge is -2.21. The van der Waals surface area contributed by atoms with Crippen LogP contribution in [0.25, 0.3) is 0 Å². The molecular weight excluding hydrogens is 455 g/mol. The Hall–Kier alpha value is -1.22. The molecule has 1 aromatic rings. The standard InChI is InChI=1S/C20H34N4O2.HI/c1-7-25-17-11-15-10-14(2)26-18(15)12-16(17)13-23-19(21-6)22-8-9-24-20(3,4)5;/h11-12,14,24H,7-10,13H2,1-6H3,(H2,21,22,23);1H. The lowest BCUT2D eigenvalue weighted by molar-refractivity contribution is 0.254. The van der Waals surface area contributed by atoms with Crippen LogP contribution in [0.3, 0.4) is 0 Å². The van der Waals surface area contributed by atoms with Gasteiger partial charge in [-0.25, -0.2) is 0 Å². The third kappa shape index (κ3) is 7.73. The summed E-state index contributed by atoms with van der Waals surface area (Å²) < 4.78 is 11.7. The molecule has 0 saturated heterocycles. The van der Waals surface area contributed by atoms with E-state index in [1.165, 1.54) is 5.56 Å². The van der Waals surface area contributed by atoms with Gasteiger partial charge in [0.2, 0.25) is 0 Å². The molecule has 1 heterocycles. The fourth-order valence-corrected chi connectivity index (χ4v) is 2.93. The van der Waals surface area contributed by atoms with Gasteiger partial charge in [0.1, 0.15) is 17.6 Å². The van der Waals surface area contributed by atoms with Crippen molar-refractivity contribution in [1.29, 1.82) is 0 Å². The molecule has 0 aliphatic carbocycles. The van der Waals surface area contributed by atoms with Gasteiger partial charge in [-0.3, -0.25) is 4.99 Å². The SMILES string of the molecule is CCOc1cc2c(cc1CNC(=NC)NCCNC(C)(C)C)OC(C)C2.I. The number of fused-ring (bicyclic) bond motifs is 1. The number of guanidine groups is 1. The van der Waals surface area contributed by atoms with Crippen molar-refractivity contribution in [2.75, 3.05) is 26.7 Å². The van der Waals surface area contributed by atoms with Crippen LogP contribution < -0.4 is 25.4 Å². The zero-order chi connectivity index (χ0) is 19.2. The molecule has 1 aliphatic rings. The van der Waals surface area contributed by atoms with E-state index < -0.39 is 0 Å². The van der Waals surface area contributed by atoms with Crippen LogP contribution in [0.4, 0.5) is 0 Å². The number of benzene rings is 1. The fourth-order valence-electron chi connectivity index (χ4n) is 2.93. The lowest BCUT2D eigenvalue weighted by atomic mass is 10.1. The Labute approximate surface area is 180 Å². The average Bonchev–Trinajstić information content (AvgIpc) is 2.92. The summed E-state index contributed by atoms with van der Waals surface area (Å²) in [7, 11) is 1.78. The predicted octanol–water partition coefficient (Wildman–Crippen LogP) is 3.08. The smallest absolute Gasteiger partial charge is 0.191 e. The van der Waals surface area contributed by atoms with Crippen LogP contribution in [-0.2, 0) is 13.0 Å².